The topological polar surface area (TPSA) is 98.5 Å². The SMILES string of the molecule is CCCCc1ccc(Nc2cc(C(=O)Oc3ccc(C4CCC(CCC)CC4)cc3)c(N)c3c2C(=O)c2ccccc2C3=O)cc1. The molecule has 236 valence electrons. The number of unbranched alkanes of at least 4 members (excludes halogenated alkanes) is 1. The molecule has 0 unspecified atom stereocenters. The Labute approximate surface area is 271 Å². The van der Waals surface area contributed by atoms with E-state index >= 15 is 0 Å². The number of nitrogens with one attached hydrogen (secondary N) is 1. The van der Waals surface area contributed by atoms with Gasteiger partial charge in [0.25, 0.3) is 0 Å². The van der Waals surface area contributed by atoms with Gasteiger partial charge in [0.2, 0.25) is 0 Å². The second kappa shape index (κ2) is 13.7. The average molecular weight is 615 g/mol. The van der Waals surface area contributed by atoms with Crippen molar-refractivity contribution in [3.05, 3.63) is 118 Å². The quantitative estimate of drug-likeness (QED) is 0.0924. The first kappa shape index (κ1) is 31.3. The Balaban J connectivity index is 1.29. The number of carbonyl (C=O) groups excluding carboxylic acids is 3. The number of esters is 1. The van der Waals surface area contributed by atoms with E-state index in [2.05, 4.69) is 19.2 Å². The molecule has 4 aromatic rings. The molecule has 2 aliphatic carbocycles. The van der Waals surface area contributed by atoms with Crippen molar-refractivity contribution in [2.75, 3.05) is 11.1 Å². The van der Waals surface area contributed by atoms with Gasteiger partial charge in [0, 0.05) is 16.8 Å². The van der Waals surface area contributed by atoms with Gasteiger partial charge < -0.3 is 15.8 Å². The molecule has 6 heteroatoms. The molecule has 3 N–H and O–H groups in total. The van der Waals surface area contributed by atoms with Crippen molar-refractivity contribution in [1.82, 2.24) is 0 Å². The summed E-state index contributed by atoms with van der Waals surface area (Å²) in [5, 5.41) is 3.30. The fraction of sp³-hybridized carbons (Fsp3) is 0.325. The molecule has 0 aliphatic heterocycles. The van der Waals surface area contributed by atoms with Crippen LogP contribution in [-0.4, -0.2) is 17.5 Å². The van der Waals surface area contributed by atoms with Gasteiger partial charge in [0.05, 0.1) is 28.1 Å². The number of anilines is 3. The Morgan fingerprint density at radius 2 is 1.48 bits per heavy atom. The number of aryl methyl sites for hydroxylation is 1. The molecule has 0 atom stereocenters. The van der Waals surface area contributed by atoms with Crippen molar-refractivity contribution in [2.45, 2.75) is 77.6 Å². The largest absolute Gasteiger partial charge is 0.423 e. The molecule has 1 fully saturated rings. The fourth-order valence-electron chi connectivity index (χ4n) is 7.04. The molecule has 6 rings (SSSR count). The Bertz CT molecular complexity index is 1750. The molecule has 0 heterocycles. The third-order valence-electron chi connectivity index (χ3n) is 9.62. The molecule has 6 nitrogen and oxygen atoms in total. The fourth-order valence-corrected chi connectivity index (χ4v) is 7.04. The van der Waals surface area contributed by atoms with E-state index in [9.17, 15) is 14.4 Å². The minimum atomic E-state index is -0.690. The first-order valence-electron chi connectivity index (χ1n) is 16.7. The van der Waals surface area contributed by atoms with Gasteiger partial charge in [0.15, 0.2) is 11.6 Å². The van der Waals surface area contributed by atoms with E-state index < -0.39 is 11.8 Å². The van der Waals surface area contributed by atoms with Crippen LogP contribution in [0.15, 0.2) is 78.9 Å². The zero-order valence-electron chi connectivity index (χ0n) is 26.7. The molecule has 1 saturated carbocycles. The predicted molar refractivity (Wildman–Crippen MR) is 184 cm³/mol. The van der Waals surface area contributed by atoms with Crippen molar-refractivity contribution in [1.29, 1.82) is 0 Å². The zero-order valence-corrected chi connectivity index (χ0v) is 26.7. The number of ketones is 2. The van der Waals surface area contributed by atoms with E-state index in [4.69, 9.17) is 10.5 Å². The van der Waals surface area contributed by atoms with E-state index in [1.807, 2.05) is 48.5 Å². The molecule has 46 heavy (non-hydrogen) atoms. The molecule has 0 radical (unpaired) electrons. The molecule has 2 aliphatic rings. The first-order chi connectivity index (χ1) is 22.4. The van der Waals surface area contributed by atoms with Crippen molar-refractivity contribution in [2.24, 2.45) is 5.92 Å². The maximum Gasteiger partial charge on any atom is 0.345 e. The lowest BCUT2D eigenvalue weighted by Gasteiger charge is -2.28. The van der Waals surface area contributed by atoms with Gasteiger partial charge in [0.1, 0.15) is 5.75 Å². The number of nitrogen functional groups attached to an aromatic ring is 1. The minimum absolute atomic E-state index is 0.0224. The summed E-state index contributed by atoms with van der Waals surface area (Å²) in [7, 11) is 0. The number of ether oxygens (including phenoxy) is 1. The lowest BCUT2D eigenvalue weighted by atomic mass is 9.77. The summed E-state index contributed by atoms with van der Waals surface area (Å²) in [6, 6.07) is 23.9. The van der Waals surface area contributed by atoms with E-state index in [-0.39, 0.29) is 33.7 Å². The number of nitrogens with two attached hydrogens (primary N) is 1. The van der Waals surface area contributed by atoms with Crippen molar-refractivity contribution < 1.29 is 19.1 Å². The van der Waals surface area contributed by atoms with E-state index in [1.54, 1.807) is 24.3 Å². The standard InChI is InChI=1S/C40H42N2O4/c1-3-5-9-26-14-20-29(21-15-26)42-34-24-33(37(41)36-35(34)38(43)31-10-6-7-11-32(31)39(36)44)40(45)46-30-22-18-28(19-23-30)27-16-12-25(8-4-2)13-17-27/h6-7,10-11,14-15,18-25,27,42H,3-5,8-9,12-13,16-17,41H2,1-2H3. The van der Waals surface area contributed by atoms with Crippen molar-refractivity contribution in [3.8, 4) is 5.75 Å². The van der Waals surface area contributed by atoms with Gasteiger partial charge in [-0.1, -0.05) is 81.6 Å². The van der Waals surface area contributed by atoms with Crippen LogP contribution in [0.5, 0.6) is 5.75 Å². The summed E-state index contributed by atoms with van der Waals surface area (Å²) in [6.45, 7) is 4.42. The summed E-state index contributed by atoms with van der Waals surface area (Å²) in [5.74, 6) is 0.353. The van der Waals surface area contributed by atoms with E-state index in [1.165, 1.54) is 55.7 Å². The van der Waals surface area contributed by atoms with Crippen LogP contribution in [0.25, 0.3) is 0 Å². The summed E-state index contributed by atoms with van der Waals surface area (Å²) in [6.07, 6.45) is 10.6. The van der Waals surface area contributed by atoms with Gasteiger partial charge in [-0.15, -0.1) is 0 Å². The van der Waals surface area contributed by atoms with Gasteiger partial charge >= 0.3 is 5.97 Å². The Kier molecular flexibility index (Phi) is 9.34. The number of rotatable bonds is 10. The van der Waals surface area contributed by atoms with Crippen LogP contribution in [0.4, 0.5) is 17.1 Å². The third-order valence-corrected chi connectivity index (χ3v) is 9.62. The number of hydrogen-bond donors (Lipinski definition) is 2. The predicted octanol–water partition coefficient (Wildman–Crippen LogP) is 9.42. The van der Waals surface area contributed by atoms with Gasteiger partial charge in [-0.2, -0.15) is 0 Å². The Hall–Kier alpha value is -4.71. The summed E-state index contributed by atoms with van der Waals surface area (Å²) in [4.78, 5) is 41.3. The zero-order chi connectivity index (χ0) is 32.2. The average Bonchev–Trinajstić information content (AvgIpc) is 3.08. The molecule has 0 saturated heterocycles. The first-order valence-corrected chi connectivity index (χ1v) is 16.7. The number of fused-ring (bicyclic) bond motifs is 2. The van der Waals surface area contributed by atoms with Gasteiger partial charge in [-0.05, 0) is 91.8 Å². The maximum absolute atomic E-state index is 13.8. The highest BCUT2D eigenvalue weighted by atomic mass is 16.5. The highest BCUT2D eigenvalue weighted by molar-refractivity contribution is 6.32. The lowest BCUT2D eigenvalue weighted by Crippen LogP contribution is -2.25. The normalized spacial score (nSPS) is 17.3. The molecule has 0 bridgehead atoms. The molecule has 0 spiro atoms. The molecule has 4 aromatic carbocycles. The van der Waals surface area contributed by atoms with Crippen molar-refractivity contribution >= 4 is 34.6 Å². The Morgan fingerprint density at radius 1 is 0.826 bits per heavy atom. The van der Waals surface area contributed by atoms with Gasteiger partial charge in [-0.25, -0.2) is 4.79 Å². The van der Waals surface area contributed by atoms with Crippen molar-refractivity contribution in [3.63, 3.8) is 0 Å². The lowest BCUT2D eigenvalue weighted by molar-refractivity contribution is 0.0735. The van der Waals surface area contributed by atoms with Crippen LogP contribution >= 0.6 is 0 Å². The van der Waals surface area contributed by atoms with E-state index in [0.29, 0.717) is 22.9 Å². The number of carbonyl (C=O) groups is 3. The Morgan fingerprint density at radius 3 is 2.11 bits per heavy atom. The number of hydrogen-bond acceptors (Lipinski definition) is 6. The molecule has 0 amide bonds. The highest BCUT2D eigenvalue weighted by Gasteiger charge is 2.36. The molecule has 0 aromatic heterocycles. The van der Waals surface area contributed by atoms with Crippen LogP contribution in [0.2, 0.25) is 0 Å². The van der Waals surface area contributed by atoms with Crippen LogP contribution in [-0.2, 0) is 6.42 Å². The molecular formula is C40H42N2O4. The highest BCUT2D eigenvalue weighted by Crippen LogP contribution is 2.40. The van der Waals surface area contributed by atoms with Crippen LogP contribution in [0, 0.1) is 5.92 Å². The summed E-state index contributed by atoms with van der Waals surface area (Å²) < 4.78 is 5.81. The minimum Gasteiger partial charge on any atom is -0.423 e. The van der Waals surface area contributed by atoms with Crippen LogP contribution in [0.1, 0.15) is 124 Å². The van der Waals surface area contributed by atoms with Crippen LogP contribution < -0.4 is 15.8 Å². The monoisotopic (exact) mass is 614 g/mol. The third kappa shape index (κ3) is 6.34. The van der Waals surface area contributed by atoms with Gasteiger partial charge in [-0.3, -0.25) is 9.59 Å². The smallest absolute Gasteiger partial charge is 0.345 e. The summed E-state index contributed by atoms with van der Waals surface area (Å²) in [5.41, 5.74) is 10.8. The molecular weight excluding hydrogens is 572 g/mol. The summed E-state index contributed by atoms with van der Waals surface area (Å²) >= 11 is 0. The number of benzene rings is 4. The maximum atomic E-state index is 13.8. The van der Waals surface area contributed by atoms with Crippen LogP contribution in [0.3, 0.4) is 0 Å². The van der Waals surface area contributed by atoms with E-state index in [0.717, 1.165) is 30.9 Å². The second-order valence-corrected chi connectivity index (χ2v) is 12.7. The second-order valence-electron chi connectivity index (χ2n) is 12.7.